The molecule has 1 heterocycles. The van der Waals surface area contributed by atoms with Crippen molar-refractivity contribution in [1.29, 1.82) is 0 Å². The first-order valence-electron chi connectivity index (χ1n) is 7.38. The molecule has 1 aromatic carbocycles. The predicted octanol–water partition coefficient (Wildman–Crippen LogP) is 2.28. The van der Waals surface area contributed by atoms with Gasteiger partial charge in [-0.2, -0.15) is 0 Å². The molecule has 6 nitrogen and oxygen atoms in total. The van der Waals surface area contributed by atoms with Crippen LogP contribution in [0.25, 0.3) is 0 Å². The van der Waals surface area contributed by atoms with Crippen LogP contribution in [0.3, 0.4) is 0 Å². The largest absolute Gasteiger partial charge is 0.508 e. The van der Waals surface area contributed by atoms with Gasteiger partial charge in [-0.05, 0) is 26.8 Å². The van der Waals surface area contributed by atoms with Gasteiger partial charge in [0.25, 0.3) is 0 Å². The first-order chi connectivity index (χ1) is 10.3. The van der Waals surface area contributed by atoms with Crippen molar-refractivity contribution in [2.75, 3.05) is 26.7 Å². The van der Waals surface area contributed by atoms with Crippen LogP contribution in [-0.2, 0) is 4.74 Å². The van der Waals surface area contributed by atoms with Crippen LogP contribution in [0.2, 0.25) is 0 Å². The average Bonchev–Trinajstić information content (AvgIpc) is 2.45. The average molecular weight is 308 g/mol. The molecule has 1 aromatic rings. The summed E-state index contributed by atoms with van der Waals surface area (Å²) in [7, 11) is 1.56. The summed E-state index contributed by atoms with van der Waals surface area (Å²) in [6.45, 7) is 7.34. The fourth-order valence-corrected chi connectivity index (χ4v) is 2.44. The van der Waals surface area contributed by atoms with E-state index in [9.17, 15) is 9.90 Å². The number of methoxy groups -OCH3 is 1. The minimum Gasteiger partial charge on any atom is -0.508 e. The third-order valence-corrected chi connectivity index (χ3v) is 3.42. The molecule has 6 heteroatoms. The Bertz CT molecular complexity index is 539. The number of ether oxygens (including phenoxy) is 2. The van der Waals surface area contributed by atoms with Crippen molar-refractivity contribution in [3.63, 3.8) is 0 Å². The quantitative estimate of drug-likeness (QED) is 0.877. The number of aromatic hydroxyl groups is 1. The van der Waals surface area contributed by atoms with Gasteiger partial charge < -0.3 is 24.8 Å². The lowest BCUT2D eigenvalue weighted by molar-refractivity contribution is 0.0194. The first kappa shape index (κ1) is 16.4. The second kappa shape index (κ2) is 6.44. The Morgan fingerprint density at radius 1 is 1.41 bits per heavy atom. The topological polar surface area (TPSA) is 71.0 Å². The number of carbonyl (C=O) groups excluding carboxylic acids is 1. The van der Waals surface area contributed by atoms with E-state index in [2.05, 4.69) is 5.32 Å². The molecule has 122 valence electrons. The van der Waals surface area contributed by atoms with Gasteiger partial charge in [-0.1, -0.05) is 6.07 Å². The fourth-order valence-electron chi connectivity index (χ4n) is 2.44. The molecule has 1 aliphatic rings. The summed E-state index contributed by atoms with van der Waals surface area (Å²) in [5.41, 5.74) is 0.404. The molecule has 1 aliphatic heterocycles. The summed E-state index contributed by atoms with van der Waals surface area (Å²) >= 11 is 0. The maximum Gasteiger partial charge on any atom is 0.410 e. The molecular formula is C16H24N2O4. The van der Waals surface area contributed by atoms with Crippen LogP contribution in [0.5, 0.6) is 11.5 Å². The minimum absolute atomic E-state index is 0.0585. The van der Waals surface area contributed by atoms with E-state index in [0.717, 1.165) is 5.56 Å². The molecule has 0 aromatic heterocycles. The van der Waals surface area contributed by atoms with Gasteiger partial charge in [0.15, 0.2) is 0 Å². The number of piperazine rings is 1. The van der Waals surface area contributed by atoms with E-state index in [4.69, 9.17) is 9.47 Å². The van der Waals surface area contributed by atoms with Gasteiger partial charge in [-0.15, -0.1) is 0 Å². The zero-order valence-corrected chi connectivity index (χ0v) is 13.5. The lowest BCUT2D eigenvalue weighted by Gasteiger charge is -2.35. The van der Waals surface area contributed by atoms with Gasteiger partial charge in [0.2, 0.25) is 0 Å². The SMILES string of the molecule is COc1cc(O)ccc1C1CN(C(=O)OC(C)(C)C)CCN1. The minimum atomic E-state index is -0.506. The van der Waals surface area contributed by atoms with Crippen LogP contribution in [0, 0.1) is 0 Å². The zero-order chi connectivity index (χ0) is 16.3. The number of benzene rings is 1. The number of carbonyl (C=O) groups is 1. The summed E-state index contributed by atoms with van der Waals surface area (Å²) < 4.78 is 10.7. The van der Waals surface area contributed by atoms with Gasteiger partial charge in [-0.25, -0.2) is 4.79 Å². The van der Waals surface area contributed by atoms with Crippen molar-refractivity contribution in [2.45, 2.75) is 32.4 Å². The Kier molecular flexibility index (Phi) is 4.81. The van der Waals surface area contributed by atoms with Crippen LogP contribution in [0.15, 0.2) is 18.2 Å². The molecular weight excluding hydrogens is 284 g/mol. The molecule has 2 rings (SSSR count). The van der Waals surface area contributed by atoms with Crippen molar-refractivity contribution < 1.29 is 19.4 Å². The number of rotatable bonds is 2. The summed E-state index contributed by atoms with van der Waals surface area (Å²) in [6.07, 6.45) is -0.309. The predicted molar refractivity (Wildman–Crippen MR) is 83.2 cm³/mol. The molecule has 2 N–H and O–H groups in total. The highest BCUT2D eigenvalue weighted by atomic mass is 16.6. The van der Waals surface area contributed by atoms with Crippen molar-refractivity contribution in [3.8, 4) is 11.5 Å². The highest BCUT2D eigenvalue weighted by Crippen LogP contribution is 2.30. The van der Waals surface area contributed by atoms with Crippen LogP contribution in [-0.4, -0.2) is 48.4 Å². The van der Waals surface area contributed by atoms with Gasteiger partial charge in [0.05, 0.1) is 13.2 Å². The highest BCUT2D eigenvalue weighted by molar-refractivity contribution is 5.68. The lowest BCUT2D eigenvalue weighted by Crippen LogP contribution is -2.49. The van der Waals surface area contributed by atoms with Gasteiger partial charge in [0, 0.05) is 31.3 Å². The zero-order valence-electron chi connectivity index (χ0n) is 13.5. The number of nitrogens with zero attached hydrogens (tertiary/aromatic N) is 1. The van der Waals surface area contributed by atoms with Crippen molar-refractivity contribution in [2.24, 2.45) is 0 Å². The highest BCUT2D eigenvalue weighted by Gasteiger charge is 2.29. The molecule has 1 saturated heterocycles. The maximum absolute atomic E-state index is 12.2. The smallest absolute Gasteiger partial charge is 0.410 e. The molecule has 1 fully saturated rings. The number of hydrogen-bond donors (Lipinski definition) is 2. The summed E-state index contributed by atoms with van der Waals surface area (Å²) in [5.74, 6) is 0.754. The number of phenolic OH excluding ortho intramolecular Hbond substituents is 1. The third kappa shape index (κ3) is 4.04. The van der Waals surface area contributed by atoms with Gasteiger partial charge >= 0.3 is 6.09 Å². The summed E-state index contributed by atoms with van der Waals surface area (Å²) in [6, 6.07) is 4.94. The molecule has 0 radical (unpaired) electrons. The lowest BCUT2D eigenvalue weighted by atomic mass is 10.0. The Hall–Kier alpha value is -1.95. The van der Waals surface area contributed by atoms with Crippen molar-refractivity contribution in [3.05, 3.63) is 23.8 Å². The van der Waals surface area contributed by atoms with Gasteiger partial charge in [0.1, 0.15) is 17.1 Å². The monoisotopic (exact) mass is 308 g/mol. The molecule has 0 spiro atoms. The van der Waals surface area contributed by atoms with E-state index in [-0.39, 0.29) is 17.9 Å². The molecule has 0 aliphatic carbocycles. The molecule has 1 amide bonds. The van der Waals surface area contributed by atoms with Gasteiger partial charge in [-0.3, -0.25) is 0 Å². The first-order valence-corrected chi connectivity index (χ1v) is 7.38. The van der Waals surface area contributed by atoms with Crippen molar-refractivity contribution >= 4 is 6.09 Å². The van der Waals surface area contributed by atoms with E-state index >= 15 is 0 Å². The molecule has 22 heavy (non-hydrogen) atoms. The van der Waals surface area contributed by atoms with Crippen LogP contribution in [0.4, 0.5) is 4.79 Å². The Labute approximate surface area is 131 Å². The third-order valence-electron chi connectivity index (χ3n) is 3.42. The van der Waals surface area contributed by atoms with Crippen molar-refractivity contribution in [1.82, 2.24) is 10.2 Å². The van der Waals surface area contributed by atoms with E-state index in [1.54, 1.807) is 24.1 Å². The Morgan fingerprint density at radius 2 is 2.14 bits per heavy atom. The van der Waals surface area contributed by atoms with E-state index < -0.39 is 5.60 Å². The number of hydrogen-bond acceptors (Lipinski definition) is 5. The maximum atomic E-state index is 12.2. The Morgan fingerprint density at radius 3 is 2.77 bits per heavy atom. The van der Waals surface area contributed by atoms with E-state index in [1.807, 2.05) is 26.8 Å². The standard InChI is InChI=1S/C16H24N2O4/c1-16(2,3)22-15(20)18-8-7-17-13(10-18)12-6-5-11(19)9-14(12)21-4/h5-6,9,13,17,19H,7-8,10H2,1-4H3. The Balaban J connectivity index is 2.12. The summed E-state index contributed by atoms with van der Waals surface area (Å²) in [5, 5.41) is 12.9. The normalized spacial score (nSPS) is 18.9. The molecule has 1 atom stereocenters. The number of phenols is 1. The van der Waals surface area contributed by atoms with Crippen LogP contribution >= 0.6 is 0 Å². The van der Waals surface area contributed by atoms with Crippen LogP contribution in [0.1, 0.15) is 32.4 Å². The second-order valence-electron chi connectivity index (χ2n) is 6.36. The van der Waals surface area contributed by atoms with Crippen LogP contribution < -0.4 is 10.1 Å². The van der Waals surface area contributed by atoms with E-state index in [0.29, 0.717) is 25.4 Å². The molecule has 0 saturated carbocycles. The number of nitrogens with one attached hydrogen (secondary N) is 1. The molecule has 0 bridgehead atoms. The number of amides is 1. The summed E-state index contributed by atoms with van der Waals surface area (Å²) in [4.78, 5) is 13.9. The van der Waals surface area contributed by atoms with E-state index in [1.165, 1.54) is 0 Å². The second-order valence-corrected chi connectivity index (χ2v) is 6.36. The molecule has 1 unspecified atom stereocenters. The fraction of sp³-hybridized carbons (Fsp3) is 0.562.